The number of ether oxygens (including phenoxy) is 1. The molecular weight excluding hydrogens is 264 g/mol. The predicted octanol–water partition coefficient (Wildman–Crippen LogP) is 3.30. The van der Waals surface area contributed by atoms with Crippen molar-refractivity contribution in [1.29, 1.82) is 0 Å². The summed E-state index contributed by atoms with van der Waals surface area (Å²) in [5, 5.41) is 3.23. The molecular formula is C14H13ClN2O2. The zero-order valence-corrected chi connectivity index (χ0v) is 11.4. The van der Waals surface area contributed by atoms with Gasteiger partial charge in [-0.15, -0.1) is 0 Å². The molecule has 0 aliphatic heterocycles. The van der Waals surface area contributed by atoms with Gasteiger partial charge in [0.25, 0.3) is 5.91 Å². The highest BCUT2D eigenvalue weighted by atomic mass is 35.5. The molecule has 0 unspecified atom stereocenters. The van der Waals surface area contributed by atoms with Gasteiger partial charge in [-0.1, -0.05) is 17.7 Å². The molecule has 5 heteroatoms. The fraction of sp³-hybridized carbons (Fsp3) is 0.143. The molecule has 0 bridgehead atoms. The minimum atomic E-state index is -0.327. The van der Waals surface area contributed by atoms with Gasteiger partial charge in [0, 0.05) is 11.2 Å². The third-order valence-electron chi connectivity index (χ3n) is 2.56. The quantitative estimate of drug-likeness (QED) is 0.936. The maximum absolute atomic E-state index is 12.1. The number of nitrogens with zero attached hydrogens (tertiary/aromatic N) is 1. The highest BCUT2D eigenvalue weighted by molar-refractivity contribution is 6.30. The third kappa shape index (κ3) is 3.23. The van der Waals surface area contributed by atoms with E-state index in [1.807, 2.05) is 19.1 Å². The Hall–Kier alpha value is -2.07. The number of carbonyl (C=O) groups excluding carboxylic acids is 1. The topological polar surface area (TPSA) is 51.2 Å². The number of benzene rings is 1. The Kier molecular flexibility index (Phi) is 4.02. The lowest BCUT2D eigenvalue weighted by atomic mass is 10.2. The molecule has 0 radical (unpaired) electrons. The first-order valence-electron chi connectivity index (χ1n) is 5.67. The highest BCUT2D eigenvalue weighted by Crippen LogP contribution is 2.25. The standard InChI is InChI=1S/C14H13ClN2O2/c1-9-3-4-13(19-2)11(7-9)17-14(18)12-8-10(15)5-6-16-12/h3-8H,1-2H3,(H,17,18). The van der Waals surface area contributed by atoms with E-state index in [2.05, 4.69) is 10.3 Å². The predicted molar refractivity (Wildman–Crippen MR) is 74.9 cm³/mol. The van der Waals surface area contributed by atoms with Crippen LogP contribution in [0.5, 0.6) is 5.75 Å². The van der Waals surface area contributed by atoms with Crippen LogP contribution in [0.25, 0.3) is 0 Å². The number of anilines is 1. The average molecular weight is 277 g/mol. The Balaban J connectivity index is 2.26. The first-order chi connectivity index (χ1) is 9.10. The number of aromatic nitrogens is 1. The van der Waals surface area contributed by atoms with Gasteiger partial charge in [-0.2, -0.15) is 0 Å². The molecule has 1 aromatic carbocycles. The average Bonchev–Trinajstić information content (AvgIpc) is 2.39. The number of carbonyl (C=O) groups is 1. The van der Waals surface area contributed by atoms with Crippen LogP contribution in [0.3, 0.4) is 0 Å². The van der Waals surface area contributed by atoms with Gasteiger partial charge >= 0.3 is 0 Å². The zero-order valence-electron chi connectivity index (χ0n) is 10.6. The largest absolute Gasteiger partial charge is 0.495 e. The lowest BCUT2D eigenvalue weighted by Crippen LogP contribution is -2.14. The van der Waals surface area contributed by atoms with Crippen LogP contribution in [0.2, 0.25) is 5.02 Å². The summed E-state index contributed by atoms with van der Waals surface area (Å²) in [4.78, 5) is 16.0. The molecule has 0 aliphatic rings. The van der Waals surface area contributed by atoms with Crippen molar-refractivity contribution in [2.24, 2.45) is 0 Å². The van der Waals surface area contributed by atoms with E-state index < -0.39 is 0 Å². The van der Waals surface area contributed by atoms with Crippen molar-refractivity contribution in [1.82, 2.24) is 4.98 Å². The Labute approximate surface area is 116 Å². The SMILES string of the molecule is COc1ccc(C)cc1NC(=O)c1cc(Cl)ccn1. The zero-order chi connectivity index (χ0) is 13.8. The fourth-order valence-electron chi connectivity index (χ4n) is 1.63. The van der Waals surface area contributed by atoms with Crippen LogP contribution in [0.15, 0.2) is 36.5 Å². The Morgan fingerprint density at radius 2 is 2.11 bits per heavy atom. The van der Waals surface area contributed by atoms with Gasteiger partial charge in [0.1, 0.15) is 11.4 Å². The Bertz CT molecular complexity index is 614. The van der Waals surface area contributed by atoms with E-state index in [1.54, 1.807) is 19.2 Å². The van der Waals surface area contributed by atoms with Gasteiger partial charge < -0.3 is 10.1 Å². The maximum atomic E-state index is 12.1. The summed E-state index contributed by atoms with van der Waals surface area (Å²) in [6.45, 7) is 1.94. The summed E-state index contributed by atoms with van der Waals surface area (Å²) in [7, 11) is 1.55. The van der Waals surface area contributed by atoms with Crippen molar-refractivity contribution < 1.29 is 9.53 Å². The summed E-state index contributed by atoms with van der Waals surface area (Å²) in [5.41, 5.74) is 1.89. The number of methoxy groups -OCH3 is 1. The van der Waals surface area contributed by atoms with Crippen molar-refractivity contribution in [3.05, 3.63) is 52.8 Å². The normalized spacial score (nSPS) is 10.1. The van der Waals surface area contributed by atoms with E-state index in [4.69, 9.17) is 16.3 Å². The smallest absolute Gasteiger partial charge is 0.274 e. The molecule has 19 heavy (non-hydrogen) atoms. The van der Waals surface area contributed by atoms with Gasteiger partial charge in [-0.05, 0) is 36.8 Å². The minimum Gasteiger partial charge on any atom is -0.495 e. The van der Waals surface area contributed by atoms with Crippen LogP contribution >= 0.6 is 11.6 Å². The second-order valence-electron chi connectivity index (χ2n) is 4.02. The van der Waals surface area contributed by atoms with Crippen LogP contribution in [0.1, 0.15) is 16.1 Å². The van der Waals surface area contributed by atoms with Crippen molar-refractivity contribution in [3.63, 3.8) is 0 Å². The lowest BCUT2D eigenvalue weighted by Gasteiger charge is -2.10. The minimum absolute atomic E-state index is 0.260. The van der Waals surface area contributed by atoms with Gasteiger partial charge in [-0.25, -0.2) is 0 Å². The molecule has 2 rings (SSSR count). The molecule has 0 fully saturated rings. The summed E-state index contributed by atoms with van der Waals surface area (Å²) in [6, 6.07) is 8.68. The molecule has 1 amide bonds. The molecule has 2 aromatic rings. The number of hydrogen-bond acceptors (Lipinski definition) is 3. The van der Waals surface area contributed by atoms with E-state index in [0.717, 1.165) is 5.56 Å². The summed E-state index contributed by atoms with van der Waals surface area (Å²) in [6.07, 6.45) is 1.49. The van der Waals surface area contributed by atoms with Gasteiger partial charge in [0.15, 0.2) is 0 Å². The summed E-state index contributed by atoms with van der Waals surface area (Å²) in [5.74, 6) is 0.271. The number of hydrogen-bond donors (Lipinski definition) is 1. The van der Waals surface area contributed by atoms with E-state index in [9.17, 15) is 4.79 Å². The van der Waals surface area contributed by atoms with Crippen molar-refractivity contribution >= 4 is 23.2 Å². The number of amides is 1. The number of aryl methyl sites for hydroxylation is 1. The molecule has 1 heterocycles. The molecule has 4 nitrogen and oxygen atoms in total. The van der Waals surface area contributed by atoms with Crippen molar-refractivity contribution in [2.75, 3.05) is 12.4 Å². The fourth-order valence-corrected chi connectivity index (χ4v) is 1.79. The number of rotatable bonds is 3. The van der Waals surface area contributed by atoms with Gasteiger partial charge in [0.2, 0.25) is 0 Å². The van der Waals surface area contributed by atoms with Crippen molar-refractivity contribution in [3.8, 4) is 5.75 Å². The molecule has 0 saturated carbocycles. The second kappa shape index (κ2) is 5.71. The van der Waals surface area contributed by atoms with Crippen LogP contribution in [0.4, 0.5) is 5.69 Å². The maximum Gasteiger partial charge on any atom is 0.274 e. The Morgan fingerprint density at radius 3 is 2.79 bits per heavy atom. The van der Waals surface area contributed by atoms with Crippen LogP contribution in [-0.2, 0) is 0 Å². The molecule has 1 N–H and O–H groups in total. The van der Waals surface area contributed by atoms with Crippen LogP contribution in [0, 0.1) is 6.92 Å². The first-order valence-corrected chi connectivity index (χ1v) is 6.05. The molecule has 0 aliphatic carbocycles. The highest BCUT2D eigenvalue weighted by Gasteiger charge is 2.11. The number of halogens is 1. The molecule has 0 atom stereocenters. The van der Waals surface area contributed by atoms with Gasteiger partial charge in [-0.3, -0.25) is 9.78 Å². The van der Waals surface area contributed by atoms with Crippen molar-refractivity contribution in [2.45, 2.75) is 6.92 Å². The third-order valence-corrected chi connectivity index (χ3v) is 2.79. The number of pyridine rings is 1. The Morgan fingerprint density at radius 1 is 1.32 bits per heavy atom. The monoisotopic (exact) mass is 276 g/mol. The van der Waals surface area contributed by atoms with E-state index in [0.29, 0.717) is 16.5 Å². The molecule has 1 aromatic heterocycles. The van der Waals surface area contributed by atoms with Gasteiger partial charge in [0.05, 0.1) is 12.8 Å². The lowest BCUT2D eigenvalue weighted by molar-refractivity contribution is 0.102. The summed E-state index contributed by atoms with van der Waals surface area (Å²) < 4.78 is 5.20. The van der Waals surface area contributed by atoms with E-state index >= 15 is 0 Å². The summed E-state index contributed by atoms with van der Waals surface area (Å²) >= 11 is 5.83. The second-order valence-corrected chi connectivity index (χ2v) is 4.45. The van der Waals surface area contributed by atoms with E-state index in [1.165, 1.54) is 12.3 Å². The first kappa shape index (κ1) is 13.4. The molecule has 98 valence electrons. The van der Waals surface area contributed by atoms with Crippen LogP contribution < -0.4 is 10.1 Å². The molecule has 0 saturated heterocycles. The van der Waals surface area contributed by atoms with E-state index in [-0.39, 0.29) is 11.6 Å². The molecule has 0 spiro atoms. The number of nitrogens with one attached hydrogen (secondary N) is 1. The van der Waals surface area contributed by atoms with Crippen LogP contribution in [-0.4, -0.2) is 18.0 Å².